The molecule has 29 heavy (non-hydrogen) atoms. The summed E-state index contributed by atoms with van der Waals surface area (Å²) in [6.07, 6.45) is -0.721. The third kappa shape index (κ3) is 9.85. The van der Waals surface area contributed by atoms with E-state index in [9.17, 15) is 29.1 Å². The Labute approximate surface area is 179 Å². The van der Waals surface area contributed by atoms with Crippen LogP contribution in [0, 0.1) is 5.92 Å². The van der Waals surface area contributed by atoms with Crippen molar-refractivity contribution in [3.63, 3.8) is 0 Å². The molecule has 0 heterocycles. The summed E-state index contributed by atoms with van der Waals surface area (Å²) in [5, 5.41) is 25.1. The number of nitrogens with one attached hydrogen (secondary N) is 3. The molecule has 4 atom stereocenters. The lowest BCUT2D eigenvalue weighted by Gasteiger charge is -2.25. The van der Waals surface area contributed by atoms with E-state index in [2.05, 4.69) is 41.2 Å². The Kier molecular flexibility index (Phi) is 12.4. The lowest BCUT2D eigenvalue weighted by Crippen LogP contribution is -2.58. The van der Waals surface area contributed by atoms with E-state index in [0.29, 0.717) is 0 Å². The van der Waals surface area contributed by atoms with Crippen LogP contribution in [0.1, 0.15) is 26.7 Å². The van der Waals surface area contributed by atoms with Gasteiger partial charge in [0, 0.05) is 17.9 Å². The second-order valence-electron chi connectivity index (χ2n) is 6.59. The Bertz CT molecular complexity index is 618. The summed E-state index contributed by atoms with van der Waals surface area (Å²) in [7, 11) is 0. The van der Waals surface area contributed by atoms with E-state index >= 15 is 0 Å². The molecule has 4 unspecified atom stereocenters. The first-order chi connectivity index (χ1) is 13.4. The molecular formula is C16H28N4O7S2. The van der Waals surface area contributed by atoms with Crippen LogP contribution in [0.4, 0.5) is 0 Å². The summed E-state index contributed by atoms with van der Waals surface area (Å²) >= 11 is 7.88. The number of hydrogen-bond acceptors (Lipinski definition) is 8. The molecule has 0 aromatic rings. The van der Waals surface area contributed by atoms with Crippen LogP contribution in [0.5, 0.6) is 0 Å². The number of nitrogens with two attached hydrogens (primary N) is 1. The lowest BCUT2D eigenvalue weighted by molar-refractivity contribution is -0.144. The van der Waals surface area contributed by atoms with Crippen LogP contribution in [-0.4, -0.2) is 75.5 Å². The monoisotopic (exact) mass is 452 g/mol. The van der Waals surface area contributed by atoms with Crippen molar-refractivity contribution >= 4 is 54.9 Å². The van der Waals surface area contributed by atoms with Gasteiger partial charge in [0.05, 0.1) is 6.04 Å². The third-order valence-electron chi connectivity index (χ3n) is 3.86. The predicted molar refractivity (Wildman–Crippen MR) is 111 cm³/mol. The lowest BCUT2D eigenvalue weighted by atomic mass is 10.0. The van der Waals surface area contributed by atoms with Crippen molar-refractivity contribution in [2.75, 3.05) is 11.5 Å². The molecule has 166 valence electrons. The Hall–Kier alpha value is -1.99. The molecule has 0 bridgehead atoms. The second-order valence-corrected chi connectivity index (χ2v) is 7.33. The minimum absolute atomic E-state index is 0.0438. The molecule has 11 nitrogen and oxygen atoms in total. The highest BCUT2D eigenvalue weighted by Crippen LogP contribution is 2.05. The van der Waals surface area contributed by atoms with Crippen molar-refractivity contribution in [2.24, 2.45) is 11.7 Å². The number of amides is 3. The molecule has 0 rings (SSSR count). The fourth-order valence-corrected chi connectivity index (χ4v) is 2.56. The fraction of sp³-hybridized carbons (Fsp3) is 0.688. The average molecular weight is 453 g/mol. The van der Waals surface area contributed by atoms with E-state index < -0.39 is 66.2 Å². The van der Waals surface area contributed by atoms with E-state index in [1.165, 1.54) is 0 Å². The van der Waals surface area contributed by atoms with Crippen LogP contribution in [-0.2, 0) is 24.0 Å². The highest BCUT2D eigenvalue weighted by atomic mass is 32.1. The Morgan fingerprint density at radius 2 is 1.38 bits per heavy atom. The first-order valence-electron chi connectivity index (χ1n) is 8.77. The molecule has 0 saturated heterocycles. The van der Waals surface area contributed by atoms with Gasteiger partial charge in [0.2, 0.25) is 17.7 Å². The minimum atomic E-state index is -1.32. The maximum absolute atomic E-state index is 12.5. The highest BCUT2D eigenvalue weighted by molar-refractivity contribution is 7.80. The third-order valence-corrected chi connectivity index (χ3v) is 4.62. The summed E-state index contributed by atoms with van der Waals surface area (Å²) in [6.45, 7) is 3.17. The number of aliphatic carboxylic acids is 2. The molecule has 0 spiro atoms. The molecule has 0 saturated carbocycles. The Balaban J connectivity index is 5.30. The first-order valence-corrected chi connectivity index (χ1v) is 10.0. The van der Waals surface area contributed by atoms with Gasteiger partial charge in [0.1, 0.15) is 18.1 Å². The second kappa shape index (κ2) is 13.3. The number of rotatable bonds is 13. The molecule has 0 fully saturated rings. The number of thiol groups is 2. The SMILES string of the molecule is CC(C)C(NC(=O)C(CCC(=O)O)NC(=O)C(CS)NC(=O)C(N)CS)C(=O)O. The smallest absolute Gasteiger partial charge is 0.326 e. The minimum Gasteiger partial charge on any atom is -0.481 e. The van der Waals surface area contributed by atoms with Crippen LogP contribution >= 0.6 is 25.3 Å². The largest absolute Gasteiger partial charge is 0.481 e. The van der Waals surface area contributed by atoms with Crippen LogP contribution in [0.15, 0.2) is 0 Å². The van der Waals surface area contributed by atoms with Gasteiger partial charge in [-0.05, 0) is 12.3 Å². The molecule has 0 aliphatic carbocycles. The number of carboxylic acids is 2. The molecule has 0 radical (unpaired) electrons. The van der Waals surface area contributed by atoms with Gasteiger partial charge in [0.15, 0.2) is 0 Å². The van der Waals surface area contributed by atoms with Crippen LogP contribution in [0.25, 0.3) is 0 Å². The topological polar surface area (TPSA) is 188 Å². The van der Waals surface area contributed by atoms with Crippen LogP contribution in [0.2, 0.25) is 0 Å². The molecule has 7 N–H and O–H groups in total. The summed E-state index contributed by atoms with van der Waals surface area (Å²) in [6, 6.07) is -4.64. The highest BCUT2D eigenvalue weighted by Gasteiger charge is 2.31. The Morgan fingerprint density at radius 3 is 1.79 bits per heavy atom. The van der Waals surface area contributed by atoms with Gasteiger partial charge in [-0.2, -0.15) is 25.3 Å². The number of hydrogen-bond donors (Lipinski definition) is 8. The van der Waals surface area contributed by atoms with Crippen molar-refractivity contribution in [1.29, 1.82) is 0 Å². The van der Waals surface area contributed by atoms with Gasteiger partial charge in [-0.3, -0.25) is 19.2 Å². The fourth-order valence-electron chi connectivity index (χ4n) is 2.13. The summed E-state index contributed by atoms with van der Waals surface area (Å²) in [4.78, 5) is 58.9. The zero-order valence-corrected chi connectivity index (χ0v) is 17.9. The molecular weight excluding hydrogens is 424 g/mol. The van der Waals surface area contributed by atoms with Gasteiger partial charge in [-0.25, -0.2) is 4.79 Å². The van der Waals surface area contributed by atoms with E-state index in [0.717, 1.165) is 0 Å². The van der Waals surface area contributed by atoms with Crippen molar-refractivity contribution in [2.45, 2.75) is 50.9 Å². The molecule has 3 amide bonds. The standard InChI is InChI=1S/C16H28N4O7S2/c1-7(2)12(16(26)27)20-14(24)9(3-4-11(21)22)18-15(25)10(6-29)19-13(23)8(17)5-28/h7-10,12,28-29H,3-6,17H2,1-2H3,(H,18,25)(H,19,23)(H,20,24)(H,21,22)(H,26,27). The molecule has 0 aromatic heterocycles. The Morgan fingerprint density at radius 1 is 0.862 bits per heavy atom. The van der Waals surface area contributed by atoms with Gasteiger partial charge in [0.25, 0.3) is 0 Å². The van der Waals surface area contributed by atoms with Gasteiger partial charge in [-0.15, -0.1) is 0 Å². The maximum atomic E-state index is 12.5. The van der Waals surface area contributed by atoms with E-state index in [1.54, 1.807) is 13.8 Å². The summed E-state index contributed by atoms with van der Waals surface area (Å²) < 4.78 is 0. The van der Waals surface area contributed by atoms with E-state index in [-0.39, 0.29) is 17.9 Å². The van der Waals surface area contributed by atoms with Gasteiger partial charge in [-0.1, -0.05) is 13.8 Å². The van der Waals surface area contributed by atoms with E-state index in [4.69, 9.17) is 10.8 Å². The first kappa shape index (κ1) is 27.0. The van der Waals surface area contributed by atoms with Crippen molar-refractivity contribution in [3.05, 3.63) is 0 Å². The van der Waals surface area contributed by atoms with Crippen molar-refractivity contribution < 1.29 is 34.2 Å². The predicted octanol–water partition coefficient (Wildman–Crippen LogP) is -1.77. The molecule has 13 heteroatoms. The van der Waals surface area contributed by atoms with E-state index in [1.807, 2.05) is 0 Å². The summed E-state index contributed by atoms with van der Waals surface area (Å²) in [5.74, 6) is -5.27. The zero-order valence-electron chi connectivity index (χ0n) is 16.1. The van der Waals surface area contributed by atoms with Crippen LogP contribution < -0.4 is 21.7 Å². The number of carboxylic acid groups (broad SMARTS) is 2. The molecule has 0 aromatic carbocycles. The quantitative estimate of drug-likeness (QED) is 0.151. The normalized spacial score (nSPS) is 15.0. The van der Waals surface area contributed by atoms with Crippen molar-refractivity contribution in [1.82, 2.24) is 16.0 Å². The van der Waals surface area contributed by atoms with Gasteiger partial charge >= 0.3 is 11.9 Å². The molecule has 0 aliphatic rings. The average Bonchev–Trinajstić information content (AvgIpc) is 2.65. The maximum Gasteiger partial charge on any atom is 0.326 e. The molecule has 0 aliphatic heterocycles. The zero-order chi connectivity index (χ0) is 22.7. The number of carbonyl (C=O) groups is 5. The van der Waals surface area contributed by atoms with Crippen molar-refractivity contribution in [3.8, 4) is 0 Å². The number of carbonyl (C=O) groups excluding carboxylic acids is 3. The van der Waals surface area contributed by atoms with Crippen LogP contribution in [0.3, 0.4) is 0 Å². The summed E-state index contributed by atoms with van der Waals surface area (Å²) in [5.41, 5.74) is 5.53. The van der Waals surface area contributed by atoms with Gasteiger partial charge < -0.3 is 31.9 Å².